The van der Waals surface area contributed by atoms with Crippen LogP contribution in [0, 0.1) is 0 Å². The molecule has 3 N–H and O–H groups in total. The molecule has 0 aromatic heterocycles. The van der Waals surface area contributed by atoms with Crippen LogP contribution in [-0.4, -0.2) is 11.9 Å². The summed E-state index contributed by atoms with van der Waals surface area (Å²) in [4.78, 5) is 0. The monoisotopic (exact) mass is 208 g/mol. The van der Waals surface area contributed by atoms with Gasteiger partial charge in [0, 0.05) is 5.33 Å². The molecule has 0 bridgehead atoms. The lowest BCUT2D eigenvalue weighted by molar-refractivity contribution is -0.368. The zero-order chi connectivity index (χ0) is 7.66. The summed E-state index contributed by atoms with van der Waals surface area (Å²) < 4.78 is 0. The van der Waals surface area contributed by atoms with Crippen LogP contribution in [0.1, 0.15) is 38.5 Å². The highest BCUT2D eigenvalue weighted by Crippen LogP contribution is 2.05. The minimum atomic E-state index is 1.11. The quantitative estimate of drug-likeness (QED) is 0.490. The molecule has 0 saturated carbocycles. The minimum absolute atomic E-state index is 1.11. The predicted molar refractivity (Wildman–Crippen MR) is 49.3 cm³/mol. The molecular formula is C8H19BrN+. The van der Waals surface area contributed by atoms with Crippen molar-refractivity contribution in [1.82, 2.24) is 0 Å². The molecule has 0 rings (SSSR count). The molecule has 0 aromatic rings. The minimum Gasteiger partial charge on any atom is -0.358 e. The first-order chi connectivity index (χ1) is 4.91. The lowest BCUT2D eigenvalue weighted by Crippen LogP contribution is -2.50. The number of rotatable bonds is 7. The maximum absolute atomic E-state index is 3.81. The topological polar surface area (TPSA) is 27.6 Å². The number of halogens is 1. The standard InChI is InChI=1S/C8H18BrN/c9-7-5-3-1-2-4-6-8-10/h1-8,10H2/p+1. The van der Waals surface area contributed by atoms with Crippen LogP contribution in [-0.2, 0) is 0 Å². The number of hydrogen-bond donors (Lipinski definition) is 1. The number of alkyl halides is 1. The molecule has 0 aromatic carbocycles. The average molecular weight is 209 g/mol. The molecular weight excluding hydrogens is 190 g/mol. The summed E-state index contributed by atoms with van der Waals surface area (Å²) in [5, 5.41) is 1.17. The van der Waals surface area contributed by atoms with Gasteiger partial charge in [0.05, 0.1) is 6.54 Å². The van der Waals surface area contributed by atoms with Gasteiger partial charge in [0.2, 0.25) is 0 Å². The van der Waals surface area contributed by atoms with E-state index in [4.69, 9.17) is 0 Å². The molecule has 0 aliphatic heterocycles. The van der Waals surface area contributed by atoms with Crippen LogP contribution in [0.3, 0.4) is 0 Å². The Balaban J connectivity index is 2.65. The first kappa shape index (κ1) is 10.4. The fourth-order valence-electron chi connectivity index (χ4n) is 0.978. The Labute approximate surface area is 72.5 Å². The molecule has 1 nitrogen and oxygen atoms in total. The molecule has 2 heteroatoms. The SMILES string of the molecule is [NH3+]CCCCCCCCBr. The van der Waals surface area contributed by atoms with E-state index in [1.54, 1.807) is 0 Å². The zero-order valence-electron chi connectivity index (χ0n) is 6.74. The van der Waals surface area contributed by atoms with Gasteiger partial charge < -0.3 is 5.73 Å². The molecule has 10 heavy (non-hydrogen) atoms. The van der Waals surface area contributed by atoms with E-state index in [1.165, 1.54) is 43.9 Å². The van der Waals surface area contributed by atoms with E-state index in [9.17, 15) is 0 Å². The van der Waals surface area contributed by atoms with Crippen LogP contribution in [0.4, 0.5) is 0 Å². The Morgan fingerprint density at radius 2 is 1.30 bits per heavy atom. The summed E-state index contributed by atoms with van der Waals surface area (Å²) >= 11 is 3.42. The van der Waals surface area contributed by atoms with E-state index < -0.39 is 0 Å². The second-order valence-electron chi connectivity index (χ2n) is 2.66. The Bertz CT molecular complexity index is 49.2. The number of unbranched alkanes of at least 4 members (excludes halogenated alkanes) is 5. The smallest absolute Gasteiger partial charge is 0.0739 e. The Morgan fingerprint density at radius 1 is 0.800 bits per heavy atom. The average Bonchev–Trinajstić information content (AvgIpc) is 1.97. The number of quaternary nitrogens is 1. The molecule has 0 atom stereocenters. The lowest BCUT2D eigenvalue weighted by Gasteiger charge is -1.96. The van der Waals surface area contributed by atoms with Gasteiger partial charge in [-0.15, -0.1) is 0 Å². The molecule has 62 valence electrons. The summed E-state index contributed by atoms with van der Waals surface area (Å²) in [7, 11) is 0. The molecule has 0 aliphatic rings. The van der Waals surface area contributed by atoms with Crippen molar-refractivity contribution in [3.8, 4) is 0 Å². The van der Waals surface area contributed by atoms with Crippen molar-refractivity contribution in [2.75, 3.05) is 11.9 Å². The summed E-state index contributed by atoms with van der Waals surface area (Å²) in [5.74, 6) is 0. The van der Waals surface area contributed by atoms with Gasteiger partial charge in [-0.1, -0.05) is 35.2 Å². The van der Waals surface area contributed by atoms with Gasteiger partial charge in [-0.25, -0.2) is 0 Å². The van der Waals surface area contributed by atoms with Crippen molar-refractivity contribution >= 4 is 15.9 Å². The Morgan fingerprint density at radius 3 is 1.80 bits per heavy atom. The third-order valence-corrected chi connectivity index (χ3v) is 2.19. The van der Waals surface area contributed by atoms with Gasteiger partial charge in [0.15, 0.2) is 0 Å². The van der Waals surface area contributed by atoms with E-state index >= 15 is 0 Å². The molecule has 0 spiro atoms. The normalized spacial score (nSPS) is 10.2. The summed E-state index contributed by atoms with van der Waals surface area (Å²) in [6, 6.07) is 0. The maximum atomic E-state index is 3.81. The first-order valence-electron chi connectivity index (χ1n) is 4.27. The Kier molecular flexibility index (Phi) is 9.86. The third-order valence-electron chi connectivity index (χ3n) is 1.63. The van der Waals surface area contributed by atoms with Crippen LogP contribution in [0.2, 0.25) is 0 Å². The van der Waals surface area contributed by atoms with Gasteiger partial charge >= 0.3 is 0 Å². The van der Waals surface area contributed by atoms with Crippen molar-refractivity contribution in [2.45, 2.75) is 38.5 Å². The first-order valence-corrected chi connectivity index (χ1v) is 5.39. The van der Waals surface area contributed by atoms with Gasteiger partial charge in [-0.3, -0.25) is 0 Å². The van der Waals surface area contributed by atoms with Crippen LogP contribution in [0.25, 0.3) is 0 Å². The van der Waals surface area contributed by atoms with Crippen LogP contribution in [0.15, 0.2) is 0 Å². The molecule has 0 radical (unpaired) electrons. The van der Waals surface area contributed by atoms with Crippen LogP contribution in [0.5, 0.6) is 0 Å². The number of hydrogen-bond acceptors (Lipinski definition) is 0. The van der Waals surface area contributed by atoms with Gasteiger partial charge in [-0.05, 0) is 19.3 Å². The van der Waals surface area contributed by atoms with E-state index in [0.717, 1.165) is 6.54 Å². The summed E-state index contributed by atoms with van der Waals surface area (Å²) in [6.07, 6.45) is 8.24. The highest BCUT2D eigenvalue weighted by molar-refractivity contribution is 9.09. The van der Waals surface area contributed by atoms with E-state index in [0.29, 0.717) is 0 Å². The van der Waals surface area contributed by atoms with Crippen LogP contribution >= 0.6 is 15.9 Å². The second kappa shape index (κ2) is 9.44. The van der Waals surface area contributed by atoms with Gasteiger partial charge in [0.1, 0.15) is 0 Å². The van der Waals surface area contributed by atoms with Crippen molar-refractivity contribution in [3.05, 3.63) is 0 Å². The van der Waals surface area contributed by atoms with Crippen molar-refractivity contribution in [2.24, 2.45) is 0 Å². The Hall–Kier alpha value is 0.440. The van der Waals surface area contributed by atoms with E-state index in [1.807, 2.05) is 0 Å². The molecule has 0 unspecified atom stereocenters. The maximum Gasteiger partial charge on any atom is 0.0739 e. The molecule has 0 saturated heterocycles. The predicted octanol–water partition coefficient (Wildman–Crippen LogP) is 1.96. The largest absolute Gasteiger partial charge is 0.358 e. The zero-order valence-corrected chi connectivity index (χ0v) is 8.33. The summed E-state index contributed by atoms with van der Waals surface area (Å²) in [6.45, 7) is 1.11. The lowest BCUT2D eigenvalue weighted by atomic mass is 10.1. The fourth-order valence-corrected chi connectivity index (χ4v) is 1.37. The van der Waals surface area contributed by atoms with Crippen LogP contribution < -0.4 is 5.73 Å². The third kappa shape index (κ3) is 8.44. The molecule has 0 fully saturated rings. The van der Waals surface area contributed by atoms with E-state index in [2.05, 4.69) is 21.7 Å². The second-order valence-corrected chi connectivity index (χ2v) is 3.46. The molecule has 0 aliphatic carbocycles. The van der Waals surface area contributed by atoms with Crippen molar-refractivity contribution < 1.29 is 5.73 Å². The fraction of sp³-hybridized carbons (Fsp3) is 1.00. The summed E-state index contributed by atoms with van der Waals surface area (Å²) in [5.41, 5.74) is 3.81. The molecule has 0 amide bonds. The molecule has 0 heterocycles. The van der Waals surface area contributed by atoms with E-state index in [-0.39, 0.29) is 0 Å². The highest BCUT2D eigenvalue weighted by atomic mass is 79.9. The van der Waals surface area contributed by atoms with Crippen molar-refractivity contribution in [3.63, 3.8) is 0 Å². The van der Waals surface area contributed by atoms with Gasteiger partial charge in [-0.2, -0.15) is 0 Å². The highest BCUT2D eigenvalue weighted by Gasteiger charge is 1.88. The van der Waals surface area contributed by atoms with Crippen molar-refractivity contribution in [1.29, 1.82) is 0 Å². The van der Waals surface area contributed by atoms with Gasteiger partial charge in [0.25, 0.3) is 0 Å².